The second-order valence-corrected chi connectivity index (χ2v) is 4.79. The van der Waals surface area contributed by atoms with Crippen molar-refractivity contribution in [3.8, 4) is 11.3 Å². The molecule has 0 unspecified atom stereocenters. The maximum atomic E-state index is 12.1. The molecule has 1 atom stereocenters. The lowest BCUT2D eigenvalue weighted by molar-refractivity contribution is -0.124. The Labute approximate surface area is 116 Å². The molecular formula is C14H16N4O2. The fourth-order valence-corrected chi connectivity index (χ4v) is 2.28. The van der Waals surface area contributed by atoms with Crippen LogP contribution >= 0.6 is 0 Å². The third-order valence-corrected chi connectivity index (χ3v) is 3.27. The van der Waals surface area contributed by atoms with Gasteiger partial charge in [0.25, 0.3) is 5.91 Å². The average molecular weight is 272 g/mol. The minimum atomic E-state index is -0.350. The van der Waals surface area contributed by atoms with Gasteiger partial charge in [0.15, 0.2) is 0 Å². The number of nitrogens with zero attached hydrogens (tertiary/aromatic N) is 3. The van der Waals surface area contributed by atoms with Crippen LogP contribution in [-0.2, 0) is 16.6 Å². The van der Waals surface area contributed by atoms with E-state index >= 15 is 0 Å². The van der Waals surface area contributed by atoms with Crippen molar-refractivity contribution in [2.75, 3.05) is 11.9 Å². The zero-order valence-corrected chi connectivity index (χ0v) is 11.2. The molecule has 6 nitrogen and oxygen atoms in total. The van der Waals surface area contributed by atoms with Gasteiger partial charge in [-0.1, -0.05) is 0 Å². The lowest BCUT2D eigenvalue weighted by Gasteiger charge is -2.12. The highest BCUT2D eigenvalue weighted by Crippen LogP contribution is 2.25. The van der Waals surface area contributed by atoms with Gasteiger partial charge in [-0.2, -0.15) is 5.10 Å². The van der Waals surface area contributed by atoms with Gasteiger partial charge in [-0.3, -0.25) is 14.5 Å². The van der Waals surface area contributed by atoms with E-state index in [1.165, 1.54) is 0 Å². The molecule has 3 rings (SSSR count). The fraction of sp³-hybridized carbons (Fsp3) is 0.357. The Bertz CT molecular complexity index is 617. The van der Waals surface area contributed by atoms with Gasteiger partial charge in [0.2, 0.25) is 0 Å². The summed E-state index contributed by atoms with van der Waals surface area (Å²) < 4.78 is 7.09. The first kappa shape index (κ1) is 12.8. The third-order valence-electron chi connectivity index (χ3n) is 3.27. The molecule has 2 aromatic rings. The second kappa shape index (κ2) is 5.42. The molecule has 0 radical (unpaired) electrons. The number of carbonyl (C=O) groups is 1. The van der Waals surface area contributed by atoms with Crippen LogP contribution in [0.25, 0.3) is 11.3 Å². The standard InChI is InChI=1S/C14H16N4O2/c1-18-9-10(8-16-18)13-11(4-2-6-15-13)17-14(19)12-5-3-7-20-12/h2,4,6,8-9,12H,3,5,7H2,1H3,(H,17,19)/t12-/m1/s1. The molecule has 0 aromatic carbocycles. The van der Waals surface area contributed by atoms with Crippen LogP contribution in [-0.4, -0.2) is 33.4 Å². The van der Waals surface area contributed by atoms with Crippen LogP contribution in [0.3, 0.4) is 0 Å². The highest BCUT2D eigenvalue weighted by atomic mass is 16.5. The Morgan fingerprint density at radius 3 is 3.15 bits per heavy atom. The number of rotatable bonds is 3. The van der Waals surface area contributed by atoms with Crippen LogP contribution in [0, 0.1) is 0 Å². The normalized spacial score (nSPS) is 18.1. The zero-order valence-electron chi connectivity index (χ0n) is 11.2. The van der Waals surface area contributed by atoms with Crippen LogP contribution in [0.4, 0.5) is 5.69 Å². The first-order chi connectivity index (χ1) is 9.74. The van der Waals surface area contributed by atoms with Gasteiger partial charge in [-0.15, -0.1) is 0 Å². The fourth-order valence-electron chi connectivity index (χ4n) is 2.28. The van der Waals surface area contributed by atoms with Crippen molar-refractivity contribution in [3.63, 3.8) is 0 Å². The molecule has 1 aliphatic rings. The lowest BCUT2D eigenvalue weighted by Crippen LogP contribution is -2.27. The SMILES string of the molecule is Cn1cc(-c2ncccc2NC(=O)[C@H]2CCCO2)cn1. The van der Waals surface area contributed by atoms with E-state index in [0.29, 0.717) is 18.0 Å². The summed E-state index contributed by atoms with van der Waals surface area (Å²) in [7, 11) is 1.84. The molecule has 0 aliphatic carbocycles. The Morgan fingerprint density at radius 1 is 1.55 bits per heavy atom. The zero-order chi connectivity index (χ0) is 13.9. The lowest BCUT2D eigenvalue weighted by atomic mass is 10.1. The molecule has 1 amide bonds. The quantitative estimate of drug-likeness (QED) is 0.921. The van der Waals surface area contributed by atoms with Crippen LogP contribution in [0.2, 0.25) is 0 Å². The van der Waals surface area contributed by atoms with Gasteiger partial charge in [0, 0.05) is 31.6 Å². The second-order valence-electron chi connectivity index (χ2n) is 4.79. The Balaban J connectivity index is 1.84. The first-order valence-corrected chi connectivity index (χ1v) is 6.60. The number of anilines is 1. The van der Waals surface area contributed by atoms with E-state index in [1.54, 1.807) is 23.1 Å². The van der Waals surface area contributed by atoms with Crippen molar-refractivity contribution >= 4 is 11.6 Å². The van der Waals surface area contributed by atoms with Crippen LogP contribution in [0.1, 0.15) is 12.8 Å². The summed E-state index contributed by atoms with van der Waals surface area (Å²) in [6.07, 6.45) is 6.64. The van der Waals surface area contributed by atoms with E-state index < -0.39 is 0 Å². The van der Waals surface area contributed by atoms with E-state index in [1.807, 2.05) is 19.3 Å². The molecule has 6 heteroatoms. The van der Waals surface area contributed by atoms with E-state index in [0.717, 1.165) is 18.4 Å². The number of carbonyl (C=O) groups excluding carboxylic acids is 1. The van der Waals surface area contributed by atoms with E-state index in [9.17, 15) is 4.79 Å². The Hall–Kier alpha value is -2.21. The summed E-state index contributed by atoms with van der Waals surface area (Å²) in [4.78, 5) is 16.5. The monoisotopic (exact) mass is 272 g/mol. The van der Waals surface area contributed by atoms with Gasteiger partial charge in [-0.25, -0.2) is 0 Å². The summed E-state index contributed by atoms with van der Waals surface area (Å²) in [6.45, 7) is 0.653. The average Bonchev–Trinajstić information content (AvgIpc) is 3.10. The summed E-state index contributed by atoms with van der Waals surface area (Å²) in [5.74, 6) is -0.111. The summed E-state index contributed by atoms with van der Waals surface area (Å²) in [6, 6.07) is 3.63. The van der Waals surface area contributed by atoms with Crippen LogP contribution in [0.5, 0.6) is 0 Å². The maximum absolute atomic E-state index is 12.1. The van der Waals surface area contributed by atoms with E-state index in [-0.39, 0.29) is 12.0 Å². The van der Waals surface area contributed by atoms with Crippen molar-refractivity contribution in [3.05, 3.63) is 30.7 Å². The van der Waals surface area contributed by atoms with Crippen molar-refractivity contribution in [1.82, 2.24) is 14.8 Å². The number of ether oxygens (including phenoxy) is 1. The van der Waals surface area contributed by atoms with Crippen LogP contribution < -0.4 is 5.32 Å². The molecule has 1 fully saturated rings. The minimum absolute atomic E-state index is 0.111. The number of aromatic nitrogens is 3. The molecule has 3 heterocycles. The summed E-state index contributed by atoms with van der Waals surface area (Å²) >= 11 is 0. The van der Waals surface area contributed by atoms with Crippen molar-refractivity contribution in [2.24, 2.45) is 7.05 Å². The molecule has 1 N–H and O–H groups in total. The number of hydrogen-bond donors (Lipinski definition) is 1. The van der Waals surface area contributed by atoms with Gasteiger partial charge in [0.05, 0.1) is 17.6 Å². The van der Waals surface area contributed by atoms with E-state index in [4.69, 9.17) is 4.74 Å². The molecule has 104 valence electrons. The largest absolute Gasteiger partial charge is 0.368 e. The summed E-state index contributed by atoms with van der Waals surface area (Å²) in [5.41, 5.74) is 2.27. The highest BCUT2D eigenvalue weighted by Gasteiger charge is 2.24. The van der Waals surface area contributed by atoms with Gasteiger partial charge in [0.1, 0.15) is 6.10 Å². The number of aryl methyl sites for hydroxylation is 1. The molecule has 0 saturated carbocycles. The molecule has 0 bridgehead atoms. The molecule has 0 spiro atoms. The van der Waals surface area contributed by atoms with Crippen LogP contribution in [0.15, 0.2) is 30.7 Å². The van der Waals surface area contributed by atoms with E-state index in [2.05, 4.69) is 15.4 Å². The topological polar surface area (TPSA) is 69.0 Å². The molecular weight excluding hydrogens is 256 g/mol. The maximum Gasteiger partial charge on any atom is 0.253 e. The molecule has 1 aliphatic heterocycles. The van der Waals surface area contributed by atoms with Crippen molar-refractivity contribution < 1.29 is 9.53 Å². The predicted molar refractivity (Wildman–Crippen MR) is 74.0 cm³/mol. The predicted octanol–water partition coefficient (Wildman–Crippen LogP) is 1.60. The van der Waals surface area contributed by atoms with Gasteiger partial charge in [-0.05, 0) is 25.0 Å². The Morgan fingerprint density at radius 2 is 2.45 bits per heavy atom. The third kappa shape index (κ3) is 2.55. The Kier molecular flexibility index (Phi) is 3.47. The molecule has 2 aromatic heterocycles. The van der Waals surface area contributed by atoms with Gasteiger partial charge < -0.3 is 10.1 Å². The van der Waals surface area contributed by atoms with Crippen molar-refractivity contribution in [1.29, 1.82) is 0 Å². The number of pyridine rings is 1. The number of nitrogens with one attached hydrogen (secondary N) is 1. The number of hydrogen-bond acceptors (Lipinski definition) is 4. The van der Waals surface area contributed by atoms with Crippen molar-refractivity contribution in [2.45, 2.75) is 18.9 Å². The summed E-state index contributed by atoms with van der Waals surface area (Å²) in [5, 5.41) is 7.03. The minimum Gasteiger partial charge on any atom is -0.368 e. The highest BCUT2D eigenvalue weighted by molar-refractivity contribution is 5.97. The smallest absolute Gasteiger partial charge is 0.253 e. The number of amides is 1. The first-order valence-electron chi connectivity index (χ1n) is 6.60. The molecule has 1 saturated heterocycles. The molecule has 20 heavy (non-hydrogen) atoms. The van der Waals surface area contributed by atoms with Gasteiger partial charge >= 0.3 is 0 Å².